The second-order valence-electron chi connectivity index (χ2n) is 6.94. The maximum atomic E-state index is 9.23. The Hall–Kier alpha value is -2.14. The Labute approximate surface area is 134 Å². The fourth-order valence-electron chi connectivity index (χ4n) is 3.62. The van der Waals surface area contributed by atoms with Gasteiger partial charge in [-0.2, -0.15) is 10.2 Å². The third-order valence-corrected chi connectivity index (χ3v) is 5.25. The SMILES string of the molecule is OCC1CC(n2cc(-n3ncc4ccccc43)c(C3CC3)n2)C1. The van der Waals surface area contributed by atoms with E-state index in [1.165, 1.54) is 18.5 Å². The quantitative estimate of drug-likeness (QED) is 0.806. The van der Waals surface area contributed by atoms with Crippen LogP contribution in [0.5, 0.6) is 0 Å². The molecule has 2 aliphatic carbocycles. The van der Waals surface area contributed by atoms with Crippen LogP contribution in [0.4, 0.5) is 0 Å². The highest BCUT2D eigenvalue weighted by Gasteiger charge is 2.35. The van der Waals surface area contributed by atoms with Crippen molar-refractivity contribution in [2.45, 2.75) is 37.6 Å². The first-order valence-electron chi connectivity index (χ1n) is 8.46. The van der Waals surface area contributed by atoms with Crippen LogP contribution < -0.4 is 0 Å². The van der Waals surface area contributed by atoms with Gasteiger partial charge in [0.25, 0.3) is 0 Å². The highest BCUT2D eigenvalue weighted by molar-refractivity contribution is 5.80. The predicted octanol–water partition coefficient (Wildman–Crippen LogP) is 3.04. The number of aromatic nitrogens is 4. The monoisotopic (exact) mass is 308 g/mol. The number of rotatable bonds is 4. The molecule has 5 heteroatoms. The van der Waals surface area contributed by atoms with E-state index < -0.39 is 0 Å². The Bertz CT molecular complexity index is 855. The van der Waals surface area contributed by atoms with Crippen LogP contribution in [0.2, 0.25) is 0 Å². The lowest BCUT2D eigenvalue weighted by Crippen LogP contribution is -2.29. The molecule has 0 atom stereocenters. The van der Waals surface area contributed by atoms with Crippen molar-refractivity contribution >= 4 is 10.9 Å². The average molecular weight is 308 g/mol. The summed E-state index contributed by atoms with van der Waals surface area (Å²) >= 11 is 0. The summed E-state index contributed by atoms with van der Waals surface area (Å²) in [5.41, 5.74) is 3.45. The molecule has 0 unspecified atom stereocenters. The van der Waals surface area contributed by atoms with Crippen molar-refractivity contribution in [2.24, 2.45) is 5.92 Å². The first-order chi connectivity index (χ1) is 11.3. The molecule has 1 aromatic carbocycles. The standard InChI is InChI=1S/C18H20N4O/c23-11-12-7-15(8-12)21-10-17(18(20-21)13-5-6-13)22-16-4-2-1-3-14(16)9-19-22/h1-4,9-10,12-13,15,23H,5-8,11H2. The molecule has 2 saturated carbocycles. The van der Waals surface area contributed by atoms with E-state index in [0.29, 0.717) is 24.5 Å². The number of aliphatic hydroxyl groups excluding tert-OH is 1. The van der Waals surface area contributed by atoms with Crippen molar-refractivity contribution < 1.29 is 5.11 Å². The van der Waals surface area contributed by atoms with Crippen LogP contribution in [-0.4, -0.2) is 31.3 Å². The number of nitrogens with zero attached hydrogens (tertiary/aromatic N) is 4. The molecule has 3 aromatic rings. The molecule has 0 amide bonds. The van der Waals surface area contributed by atoms with Crippen molar-refractivity contribution in [2.75, 3.05) is 6.61 Å². The first-order valence-corrected chi connectivity index (χ1v) is 8.46. The molecule has 2 aromatic heterocycles. The van der Waals surface area contributed by atoms with E-state index in [1.807, 2.05) is 16.9 Å². The molecular formula is C18H20N4O. The molecule has 23 heavy (non-hydrogen) atoms. The lowest BCUT2D eigenvalue weighted by atomic mass is 9.81. The van der Waals surface area contributed by atoms with Gasteiger partial charge in [0.05, 0.1) is 29.6 Å². The summed E-state index contributed by atoms with van der Waals surface area (Å²) in [7, 11) is 0. The molecule has 0 saturated heterocycles. The van der Waals surface area contributed by atoms with Gasteiger partial charge in [0.1, 0.15) is 5.69 Å². The van der Waals surface area contributed by atoms with E-state index in [2.05, 4.69) is 34.2 Å². The molecule has 5 rings (SSSR count). The summed E-state index contributed by atoms with van der Waals surface area (Å²) in [5.74, 6) is 1.03. The summed E-state index contributed by atoms with van der Waals surface area (Å²) in [5, 5.41) is 19.9. The van der Waals surface area contributed by atoms with Gasteiger partial charge >= 0.3 is 0 Å². The summed E-state index contributed by atoms with van der Waals surface area (Å²) in [4.78, 5) is 0. The zero-order chi connectivity index (χ0) is 15.4. The minimum Gasteiger partial charge on any atom is -0.396 e. The molecule has 1 N–H and O–H groups in total. The zero-order valence-corrected chi connectivity index (χ0v) is 13.0. The number of hydrogen-bond acceptors (Lipinski definition) is 3. The molecule has 2 fully saturated rings. The van der Waals surface area contributed by atoms with E-state index in [1.54, 1.807) is 0 Å². The first kappa shape index (κ1) is 13.3. The summed E-state index contributed by atoms with van der Waals surface area (Å²) in [6.07, 6.45) is 8.60. The van der Waals surface area contributed by atoms with Gasteiger partial charge in [0.15, 0.2) is 0 Å². The zero-order valence-electron chi connectivity index (χ0n) is 13.0. The van der Waals surface area contributed by atoms with E-state index in [-0.39, 0.29) is 0 Å². The highest BCUT2D eigenvalue weighted by atomic mass is 16.3. The van der Waals surface area contributed by atoms with Gasteiger partial charge in [0.2, 0.25) is 0 Å². The molecule has 0 bridgehead atoms. The molecule has 118 valence electrons. The Morgan fingerprint density at radius 1 is 1.17 bits per heavy atom. The van der Waals surface area contributed by atoms with Gasteiger partial charge in [-0.25, -0.2) is 4.68 Å². The number of aliphatic hydroxyl groups is 1. The third-order valence-electron chi connectivity index (χ3n) is 5.25. The van der Waals surface area contributed by atoms with Crippen molar-refractivity contribution in [1.82, 2.24) is 19.6 Å². The lowest BCUT2D eigenvalue weighted by molar-refractivity contribution is 0.105. The smallest absolute Gasteiger partial charge is 0.107 e. The van der Waals surface area contributed by atoms with Gasteiger partial charge in [0, 0.05) is 17.9 Å². The second-order valence-corrected chi connectivity index (χ2v) is 6.94. The maximum Gasteiger partial charge on any atom is 0.107 e. The van der Waals surface area contributed by atoms with Crippen LogP contribution in [0.15, 0.2) is 36.7 Å². The molecule has 0 aliphatic heterocycles. The largest absolute Gasteiger partial charge is 0.396 e. The van der Waals surface area contributed by atoms with Gasteiger partial charge in [-0.05, 0) is 37.7 Å². The van der Waals surface area contributed by atoms with Crippen molar-refractivity contribution in [3.63, 3.8) is 0 Å². The van der Waals surface area contributed by atoms with Crippen LogP contribution in [0, 0.1) is 5.92 Å². The van der Waals surface area contributed by atoms with Crippen LogP contribution in [0.25, 0.3) is 16.6 Å². The number of para-hydroxylation sites is 1. The van der Waals surface area contributed by atoms with Crippen molar-refractivity contribution in [3.8, 4) is 5.69 Å². The molecule has 2 aliphatic rings. The Morgan fingerprint density at radius 3 is 2.78 bits per heavy atom. The topological polar surface area (TPSA) is 55.9 Å². The Balaban J connectivity index is 1.58. The normalized spacial score (nSPS) is 24.0. The van der Waals surface area contributed by atoms with Crippen LogP contribution in [-0.2, 0) is 0 Å². The summed E-state index contributed by atoms with van der Waals surface area (Å²) in [6, 6.07) is 8.74. The van der Waals surface area contributed by atoms with E-state index in [0.717, 1.165) is 29.4 Å². The van der Waals surface area contributed by atoms with E-state index in [4.69, 9.17) is 5.10 Å². The lowest BCUT2D eigenvalue weighted by Gasteiger charge is -2.34. The minimum atomic E-state index is 0.296. The maximum absolute atomic E-state index is 9.23. The van der Waals surface area contributed by atoms with Crippen LogP contribution in [0.1, 0.15) is 43.3 Å². The number of fused-ring (bicyclic) bond motifs is 1. The average Bonchev–Trinajstić information content (AvgIpc) is 3.15. The van der Waals surface area contributed by atoms with Crippen LogP contribution >= 0.6 is 0 Å². The highest BCUT2D eigenvalue weighted by Crippen LogP contribution is 2.44. The van der Waals surface area contributed by atoms with Crippen LogP contribution in [0.3, 0.4) is 0 Å². The Morgan fingerprint density at radius 2 is 2.00 bits per heavy atom. The fourth-order valence-corrected chi connectivity index (χ4v) is 3.62. The van der Waals surface area contributed by atoms with E-state index >= 15 is 0 Å². The Kier molecular flexibility index (Phi) is 2.85. The molecule has 5 nitrogen and oxygen atoms in total. The van der Waals surface area contributed by atoms with Gasteiger partial charge in [-0.15, -0.1) is 0 Å². The molecule has 0 radical (unpaired) electrons. The number of hydrogen-bond donors (Lipinski definition) is 1. The summed E-state index contributed by atoms with van der Waals surface area (Å²) < 4.78 is 4.15. The predicted molar refractivity (Wildman–Crippen MR) is 87.7 cm³/mol. The van der Waals surface area contributed by atoms with Crippen molar-refractivity contribution in [1.29, 1.82) is 0 Å². The van der Waals surface area contributed by atoms with E-state index in [9.17, 15) is 5.11 Å². The molecule has 0 spiro atoms. The summed E-state index contributed by atoms with van der Waals surface area (Å²) in [6.45, 7) is 0.296. The molecular weight excluding hydrogens is 288 g/mol. The number of benzene rings is 1. The van der Waals surface area contributed by atoms with Crippen molar-refractivity contribution in [3.05, 3.63) is 42.4 Å². The van der Waals surface area contributed by atoms with Gasteiger partial charge in [-0.3, -0.25) is 4.68 Å². The fraction of sp³-hybridized carbons (Fsp3) is 0.444. The van der Waals surface area contributed by atoms with Gasteiger partial charge < -0.3 is 5.11 Å². The van der Waals surface area contributed by atoms with Gasteiger partial charge in [-0.1, -0.05) is 18.2 Å². The second kappa shape index (κ2) is 4.93. The third kappa shape index (κ3) is 2.10. The minimum absolute atomic E-state index is 0.296. The molecule has 2 heterocycles.